The number of piperidine rings is 1. The first kappa shape index (κ1) is 23.9. The molecule has 3 aliphatic rings. The van der Waals surface area contributed by atoms with Gasteiger partial charge in [-0.15, -0.1) is 0 Å². The van der Waals surface area contributed by atoms with Crippen LogP contribution in [0.2, 0.25) is 0 Å². The molecule has 0 aromatic heterocycles. The molecule has 1 aromatic carbocycles. The lowest BCUT2D eigenvalue weighted by molar-refractivity contribution is 0.204. The van der Waals surface area contributed by atoms with E-state index in [1.807, 2.05) is 0 Å². The molecule has 0 radical (unpaired) electrons. The van der Waals surface area contributed by atoms with Crippen LogP contribution in [0.4, 0.5) is 11.4 Å². The summed E-state index contributed by atoms with van der Waals surface area (Å²) in [6.45, 7) is 14.6. The van der Waals surface area contributed by atoms with Gasteiger partial charge < -0.3 is 14.7 Å². The molecule has 33 heavy (non-hydrogen) atoms. The largest absolute Gasteiger partial charge is 0.370 e. The van der Waals surface area contributed by atoms with E-state index in [1.54, 1.807) is 0 Å². The maximum atomic E-state index is 4.42. The maximum absolute atomic E-state index is 4.42. The number of unbranched alkanes of at least 4 members (excludes halogenated alkanes) is 1. The Kier molecular flexibility index (Phi) is 8.14. The number of likely N-dealkylation sites (tertiary alicyclic amines) is 1. The van der Waals surface area contributed by atoms with E-state index >= 15 is 0 Å². The van der Waals surface area contributed by atoms with Crippen LogP contribution in [0, 0.1) is 5.92 Å². The molecule has 0 spiro atoms. The van der Waals surface area contributed by atoms with Gasteiger partial charge in [0.05, 0.1) is 0 Å². The van der Waals surface area contributed by atoms with Crippen molar-refractivity contribution >= 4 is 16.9 Å². The Morgan fingerprint density at radius 1 is 1.12 bits per heavy atom. The average Bonchev–Trinajstić information content (AvgIpc) is 3.11. The fourth-order valence-electron chi connectivity index (χ4n) is 5.59. The Hall–Kier alpha value is -2.26. The van der Waals surface area contributed by atoms with Crippen LogP contribution in [-0.2, 0) is 0 Å². The quantitative estimate of drug-likeness (QED) is 0.425. The molecule has 178 valence electrons. The van der Waals surface area contributed by atoms with Crippen molar-refractivity contribution in [3.8, 4) is 0 Å². The number of anilines is 2. The lowest BCUT2D eigenvalue weighted by Crippen LogP contribution is -2.35. The summed E-state index contributed by atoms with van der Waals surface area (Å²) in [7, 11) is 2.23. The van der Waals surface area contributed by atoms with Gasteiger partial charge in [0, 0.05) is 42.8 Å². The molecule has 1 fully saturated rings. The van der Waals surface area contributed by atoms with E-state index in [0.29, 0.717) is 5.92 Å². The van der Waals surface area contributed by atoms with Gasteiger partial charge in [-0.05, 0) is 106 Å². The highest BCUT2D eigenvalue weighted by Crippen LogP contribution is 2.43. The summed E-state index contributed by atoms with van der Waals surface area (Å²) in [5.41, 5.74) is 8.15. The first-order valence-corrected chi connectivity index (χ1v) is 13.2. The third kappa shape index (κ3) is 5.63. The van der Waals surface area contributed by atoms with E-state index in [0.717, 1.165) is 18.8 Å². The smallest absolute Gasteiger partial charge is 0.0488 e. The summed E-state index contributed by atoms with van der Waals surface area (Å²) >= 11 is 0. The fraction of sp³-hybridized carbons (Fsp3) is 0.533. The van der Waals surface area contributed by atoms with Crippen LogP contribution in [0.1, 0.15) is 64.4 Å². The lowest BCUT2D eigenvalue weighted by atomic mass is 9.82. The zero-order valence-electron chi connectivity index (χ0n) is 21.2. The molecule has 0 amide bonds. The van der Waals surface area contributed by atoms with E-state index in [1.165, 1.54) is 92.7 Å². The lowest BCUT2D eigenvalue weighted by Gasteiger charge is -2.38. The number of likely N-dealkylation sites (N-methyl/N-ethyl adjacent to an activating group) is 2. The number of hydrogen-bond acceptors (Lipinski definition) is 3. The first-order valence-electron chi connectivity index (χ1n) is 13.2. The van der Waals surface area contributed by atoms with Crippen molar-refractivity contribution in [2.24, 2.45) is 5.92 Å². The van der Waals surface area contributed by atoms with Crippen LogP contribution in [0.15, 0.2) is 60.4 Å². The van der Waals surface area contributed by atoms with Crippen molar-refractivity contribution in [2.75, 3.05) is 49.6 Å². The van der Waals surface area contributed by atoms with E-state index in [-0.39, 0.29) is 0 Å². The molecule has 1 saturated heterocycles. The summed E-state index contributed by atoms with van der Waals surface area (Å²) in [6, 6.07) is 7.07. The van der Waals surface area contributed by atoms with E-state index in [9.17, 15) is 0 Å². The van der Waals surface area contributed by atoms with Gasteiger partial charge in [0.2, 0.25) is 0 Å². The highest BCUT2D eigenvalue weighted by atomic mass is 15.1. The number of allylic oxidation sites excluding steroid dienone is 4. The minimum absolute atomic E-state index is 0.630. The van der Waals surface area contributed by atoms with Gasteiger partial charge in [0.25, 0.3) is 0 Å². The van der Waals surface area contributed by atoms with Crippen LogP contribution in [-0.4, -0.2) is 44.7 Å². The Morgan fingerprint density at radius 3 is 2.70 bits per heavy atom. The number of benzene rings is 1. The molecular weight excluding hydrogens is 402 g/mol. The topological polar surface area (TPSA) is 9.72 Å². The average molecular weight is 446 g/mol. The van der Waals surface area contributed by atoms with Crippen LogP contribution in [0.25, 0.3) is 5.57 Å². The van der Waals surface area contributed by atoms with Crippen molar-refractivity contribution in [3.63, 3.8) is 0 Å². The molecule has 0 N–H and O–H groups in total. The van der Waals surface area contributed by atoms with Crippen LogP contribution < -0.4 is 9.80 Å². The second kappa shape index (κ2) is 11.2. The zero-order valence-corrected chi connectivity index (χ0v) is 21.2. The van der Waals surface area contributed by atoms with Crippen LogP contribution in [0.3, 0.4) is 0 Å². The summed E-state index contributed by atoms with van der Waals surface area (Å²) in [5.74, 6) is 0.630. The van der Waals surface area contributed by atoms with Crippen molar-refractivity contribution in [2.45, 2.75) is 58.8 Å². The molecule has 0 unspecified atom stereocenters. The second-order valence-electron chi connectivity index (χ2n) is 9.97. The molecule has 0 atom stereocenters. The number of hydrogen-bond donors (Lipinski definition) is 0. The Bertz CT molecular complexity index is 914. The summed E-state index contributed by atoms with van der Waals surface area (Å²) in [4.78, 5) is 7.44. The molecule has 3 heteroatoms. The standard InChI is InChI=1S/C30H43N3/c1-5-7-18-32-19-16-26(17-20-32)28-21-24(3)33(6-2)30-15-14-27(22-29(28)30)31(4)23-25-12-10-8-9-11-13-25/h10,12-15,21-22,26H,3,5-9,11,16-20,23H2,1-2,4H3. The number of nitrogens with zero attached hydrogens (tertiary/aromatic N) is 3. The third-order valence-electron chi connectivity index (χ3n) is 7.60. The SMILES string of the molecule is C=C1C=C(C2CCN(CCCC)CC2)c2cc(N(C)CC3=CCCCC=C3)ccc2N1CC. The first-order chi connectivity index (χ1) is 16.1. The van der Waals surface area contributed by atoms with Crippen molar-refractivity contribution < 1.29 is 0 Å². The molecule has 0 saturated carbocycles. The zero-order chi connectivity index (χ0) is 23.2. The molecule has 1 aromatic rings. The summed E-state index contributed by atoms with van der Waals surface area (Å²) in [6.07, 6.45) is 18.2. The van der Waals surface area contributed by atoms with E-state index in [2.05, 4.69) is 84.7 Å². The molecular formula is C30H43N3. The van der Waals surface area contributed by atoms with Crippen molar-refractivity contribution in [3.05, 3.63) is 65.9 Å². The minimum atomic E-state index is 0.630. The van der Waals surface area contributed by atoms with Crippen molar-refractivity contribution in [1.29, 1.82) is 0 Å². The Labute approximate surface area is 202 Å². The normalized spacial score (nSPS) is 19.7. The van der Waals surface area contributed by atoms with Gasteiger partial charge >= 0.3 is 0 Å². The Morgan fingerprint density at radius 2 is 1.94 bits per heavy atom. The predicted octanol–water partition coefficient (Wildman–Crippen LogP) is 7.04. The minimum Gasteiger partial charge on any atom is -0.370 e. The summed E-state index contributed by atoms with van der Waals surface area (Å²) in [5, 5.41) is 0. The van der Waals surface area contributed by atoms with Gasteiger partial charge in [0.1, 0.15) is 0 Å². The monoisotopic (exact) mass is 445 g/mol. The highest BCUT2D eigenvalue weighted by Gasteiger charge is 2.29. The van der Waals surface area contributed by atoms with Crippen molar-refractivity contribution in [1.82, 2.24) is 4.90 Å². The molecule has 2 heterocycles. The molecule has 3 nitrogen and oxygen atoms in total. The van der Waals surface area contributed by atoms with Gasteiger partial charge in [0.15, 0.2) is 0 Å². The van der Waals surface area contributed by atoms with Crippen LogP contribution >= 0.6 is 0 Å². The van der Waals surface area contributed by atoms with Gasteiger partial charge in [-0.1, -0.05) is 38.2 Å². The third-order valence-corrected chi connectivity index (χ3v) is 7.60. The fourth-order valence-corrected chi connectivity index (χ4v) is 5.59. The number of fused-ring (bicyclic) bond motifs is 1. The molecule has 0 bridgehead atoms. The van der Waals surface area contributed by atoms with Gasteiger partial charge in [-0.2, -0.15) is 0 Å². The predicted molar refractivity (Wildman–Crippen MR) is 145 cm³/mol. The molecule has 4 rings (SSSR count). The Balaban J connectivity index is 1.56. The maximum Gasteiger partial charge on any atom is 0.0488 e. The number of rotatable bonds is 8. The second-order valence-corrected chi connectivity index (χ2v) is 9.97. The van der Waals surface area contributed by atoms with Gasteiger partial charge in [-0.3, -0.25) is 0 Å². The van der Waals surface area contributed by atoms with E-state index < -0.39 is 0 Å². The van der Waals surface area contributed by atoms with Gasteiger partial charge in [-0.25, -0.2) is 0 Å². The molecule has 2 aliphatic heterocycles. The summed E-state index contributed by atoms with van der Waals surface area (Å²) < 4.78 is 0. The van der Waals surface area contributed by atoms with Crippen LogP contribution in [0.5, 0.6) is 0 Å². The molecule has 1 aliphatic carbocycles. The highest BCUT2D eigenvalue weighted by molar-refractivity contribution is 5.87. The van der Waals surface area contributed by atoms with E-state index in [4.69, 9.17) is 0 Å².